The second-order valence-electron chi connectivity index (χ2n) is 7.28. The van der Waals surface area contributed by atoms with Gasteiger partial charge < -0.3 is 9.42 Å². The number of Topliss-reactive ketones (excluding diaryl/α,β-unsaturated/α-hetero) is 1. The second-order valence-corrected chi connectivity index (χ2v) is 8.97. The fourth-order valence-electron chi connectivity index (χ4n) is 3.50. The summed E-state index contributed by atoms with van der Waals surface area (Å²) in [6, 6.07) is 10.5. The van der Waals surface area contributed by atoms with Crippen LogP contribution < -0.4 is 4.72 Å². The van der Waals surface area contributed by atoms with Gasteiger partial charge in [-0.25, -0.2) is 8.42 Å². The topological polar surface area (TPSA) is 110 Å². The average molecular weight is 427 g/mol. The largest absolute Gasteiger partial charge is 0.355 e. The van der Waals surface area contributed by atoms with E-state index in [1.807, 2.05) is 0 Å². The zero-order valence-electron chi connectivity index (χ0n) is 16.4. The lowest BCUT2D eigenvalue weighted by Gasteiger charge is -2.25. The van der Waals surface area contributed by atoms with Crippen molar-refractivity contribution in [3.05, 3.63) is 53.7 Å². The molecule has 8 nitrogen and oxygen atoms in total. The van der Waals surface area contributed by atoms with Crippen LogP contribution in [0.25, 0.3) is 11.0 Å². The third kappa shape index (κ3) is 3.93. The smallest absolute Gasteiger partial charge is 0.276 e. The van der Waals surface area contributed by atoms with Gasteiger partial charge in [0.25, 0.3) is 15.9 Å². The highest BCUT2D eigenvalue weighted by Crippen LogP contribution is 2.26. The number of nitrogens with zero attached hydrogens (tertiary/aromatic N) is 2. The van der Waals surface area contributed by atoms with Gasteiger partial charge in [-0.15, -0.1) is 0 Å². The van der Waals surface area contributed by atoms with Crippen LogP contribution in [-0.4, -0.2) is 43.3 Å². The molecule has 0 unspecified atom stereocenters. The Morgan fingerprint density at radius 3 is 2.57 bits per heavy atom. The van der Waals surface area contributed by atoms with E-state index in [0.717, 1.165) is 19.3 Å². The maximum Gasteiger partial charge on any atom is 0.276 e. The van der Waals surface area contributed by atoms with Gasteiger partial charge >= 0.3 is 0 Å². The van der Waals surface area contributed by atoms with E-state index in [1.54, 1.807) is 23.1 Å². The fraction of sp³-hybridized carbons (Fsp3) is 0.286. The van der Waals surface area contributed by atoms with Gasteiger partial charge in [-0.05, 0) is 56.5 Å². The van der Waals surface area contributed by atoms with Crippen LogP contribution in [0.2, 0.25) is 0 Å². The molecule has 0 saturated carbocycles. The Labute approximate surface area is 173 Å². The van der Waals surface area contributed by atoms with Gasteiger partial charge in [0.2, 0.25) is 0 Å². The van der Waals surface area contributed by atoms with Gasteiger partial charge in [-0.1, -0.05) is 17.3 Å². The van der Waals surface area contributed by atoms with Crippen LogP contribution in [0.5, 0.6) is 0 Å². The van der Waals surface area contributed by atoms with E-state index in [1.165, 1.54) is 31.2 Å². The monoisotopic (exact) mass is 427 g/mol. The summed E-state index contributed by atoms with van der Waals surface area (Å²) < 4.78 is 33.5. The minimum atomic E-state index is -3.95. The maximum absolute atomic E-state index is 12.9. The summed E-state index contributed by atoms with van der Waals surface area (Å²) in [4.78, 5) is 26.1. The molecule has 4 rings (SSSR count). The first-order valence-corrected chi connectivity index (χ1v) is 11.2. The van der Waals surface area contributed by atoms with Gasteiger partial charge in [-0.2, -0.15) is 0 Å². The van der Waals surface area contributed by atoms with E-state index in [2.05, 4.69) is 9.88 Å². The third-order valence-electron chi connectivity index (χ3n) is 5.12. The average Bonchev–Trinajstić information content (AvgIpc) is 3.17. The lowest BCUT2D eigenvalue weighted by molar-refractivity contribution is 0.0715. The molecule has 0 aliphatic carbocycles. The van der Waals surface area contributed by atoms with Gasteiger partial charge in [0.15, 0.2) is 17.1 Å². The molecule has 156 valence electrons. The molecule has 2 aromatic carbocycles. The van der Waals surface area contributed by atoms with Gasteiger partial charge in [-0.3, -0.25) is 14.3 Å². The normalized spacial score (nSPS) is 14.6. The van der Waals surface area contributed by atoms with Crippen molar-refractivity contribution < 1.29 is 22.5 Å². The molecular weight excluding hydrogens is 406 g/mol. The number of nitrogens with one attached hydrogen (secondary N) is 1. The summed E-state index contributed by atoms with van der Waals surface area (Å²) in [6.45, 7) is 2.72. The highest BCUT2D eigenvalue weighted by atomic mass is 32.2. The Morgan fingerprint density at radius 2 is 1.83 bits per heavy atom. The highest BCUT2D eigenvalue weighted by molar-refractivity contribution is 7.92. The standard InChI is InChI=1S/C21H21N3O5S/c1-14(25)15-6-5-7-16(12-15)23-30(27,28)17-8-9-19-18(13-17)20(22-29-19)21(26)24-10-3-2-4-11-24/h5-9,12-13,23H,2-4,10-11H2,1H3. The van der Waals surface area contributed by atoms with Crippen LogP contribution in [0.1, 0.15) is 47.0 Å². The van der Waals surface area contributed by atoms with Gasteiger partial charge in [0.1, 0.15) is 0 Å². The Kier molecular flexibility index (Phi) is 5.29. The van der Waals surface area contributed by atoms with Crippen molar-refractivity contribution in [3.63, 3.8) is 0 Å². The first-order valence-electron chi connectivity index (χ1n) is 9.68. The predicted molar refractivity (Wildman–Crippen MR) is 111 cm³/mol. The molecule has 0 bridgehead atoms. The number of likely N-dealkylation sites (tertiary alicyclic amines) is 1. The number of rotatable bonds is 5. The van der Waals surface area contributed by atoms with Crippen LogP contribution in [0.4, 0.5) is 5.69 Å². The zero-order chi connectivity index (χ0) is 21.3. The molecule has 1 aromatic heterocycles. The molecule has 2 heterocycles. The van der Waals surface area contributed by atoms with Crippen molar-refractivity contribution >= 4 is 38.4 Å². The molecule has 9 heteroatoms. The van der Waals surface area contributed by atoms with Crippen molar-refractivity contribution in [2.75, 3.05) is 17.8 Å². The van der Waals surface area contributed by atoms with Crippen molar-refractivity contribution in [3.8, 4) is 0 Å². The lowest BCUT2D eigenvalue weighted by Crippen LogP contribution is -2.35. The molecular formula is C21H21N3O5S. The molecule has 0 spiro atoms. The molecule has 0 atom stereocenters. The summed E-state index contributed by atoms with van der Waals surface area (Å²) in [6.07, 6.45) is 2.96. The van der Waals surface area contributed by atoms with E-state index in [-0.39, 0.29) is 28.0 Å². The first kappa shape index (κ1) is 20.1. The molecule has 1 aliphatic rings. The summed E-state index contributed by atoms with van der Waals surface area (Å²) >= 11 is 0. The maximum atomic E-state index is 12.9. The first-order chi connectivity index (χ1) is 14.3. The molecule has 0 radical (unpaired) electrons. The number of ketones is 1. The number of carbonyl (C=O) groups is 2. The lowest BCUT2D eigenvalue weighted by atomic mass is 10.1. The molecule has 1 amide bonds. The van der Waals surface area contributed by atoms with Gasteiger partial charge in [0, 0.05) is 24.3 Å². The Morgan fingerprint density at radius 1 is 1.07 bits per heavy atom. The molecule has 1 fully saturated rings. The Hall–Kier alpha value is -3.20. The number of piperidine rings is 1. The van der Waals surface area contributed by atoms with Crippen LogP contribution >= 0.6 is 0 Å². The highest BCUT2D eigenvalue weighted by Gasteiger charge is 2.25. The van der Waals surface area contributed by atoms with Crippen molar-refractivity contribution in [2.45, 2.75) is 31.1 Å². The summed E-state index contributed by atoms with van der Waals surface area (Å²) in [5.41, 5.74) is 1.13. The van der Waals surface area contributed by atoms with Crippen LogP contribution in [0, 0.1) is 0 Å². The number of aromatic nitrogens is 1. The number of hydrogen-bond acceptors (Lipinski definition) is 6. The van der Waals surface area contributed by atoms with Crippen molar-refractivity contribution in [2.24, 2.45) is 0 Å². The number of benzene rings is 2. The number of sulfonamides is 1. The van der Waals surface area contributed by atoms with Crippen LogP contribution in [0.15, 0.2) is 51.9 Å². The molecule has 1 N–H and O–H groups in total. The minimum Gasteiger partial charge on any atom is -0.355 e. The Bertz CT molecular complexity index is 1230. The fourth-order valence-corrected chi connectivity index (χ4v) is 4.58. The van der Waals surface area contributed by atoms with Crippen molar-refractivity contribution in [1.82, 2.24) is 10.1 Å². The van der Waals surface area contributed by atoms with Crippen LogP contribution in [-0.2, 0) is 10.0 Å². The number of fused-ring (bicyclic) bond motifs is 1. The zero-order valence-corrected chi connectivity index (χ0v) is 17.2. The summed E-state index contributed by atoms with van der Waals surface area (Å²) in [5, 5.41) is 4.24. The molecule has 1 aliphatic heterocycles. The predicted octanol–water partition coefficient (Wildman–Crippen LogP) is 3.46. The van der Waals surface area contributed by atoms with Crippen molar-refractivity contribution in [1.29, 1.82) is 0 Å². The number of carbonyl (C=O) groups excluding carboxylic acids is 2. The summed E-state index contributed by atoms with van der Waals surface area (Å²) in [7, 11) is -3.95. The van der Waals surface area contributed by atoms with E-state index >= 15 is 0 Å². The Balaban J connectivity index is 1.66. The third-order valence-corrected chi connectivity index (χ3v) is 6.50. The number of hydrogen-bond donors (Lipinski definition) is 1. The van der Waals surface area contributed by atoms with Crippen LogP contribution in [0.3, 0.4) is 0 Å². The second kappa shape index (κ2) is 7.91. The van der Waals surface area contributed by atoms with E-state index in [0.29, 0.717) is 29.6 Å². The molecule has 1 saturated heterocycles. The number of amides is 1. The van der Waals surface area contributed by atoms with Gasteiger partial charge in [0.05, 0.1) is 10.3 Å². The molecule has 30 heavy (non-hydrogen) atoms. The number of anilines is 1. The minimum absolute atomic E-state index is 0.0286. The quantitative estimate of drug-likeness (QED) is 0.625. The molecule has 3 aromatic rings. The summed E-state index contributed by atoms with van der Waals surface area (Å²) in [5.74, 6) is -0.423. The van der Waals surface area contributed by atoms with E-state index < -0.39 is 10.0 Å². The van der Waals surface area contributed by atoms with E-state index in [4.69, 9.17) is 4.52 Å². The van der Waals surface area contributed by atoms with E-state index in [9.17, 15) is 18.0 Å². The SMILES string of the molecule is CC(=O)c1cccc(NS(=O)(=O)c2ccc3onc(C(=O)N4CCCCC4)c3c2)c1.